The fourth-order valence-electron chi connectivity index (χ4n) is 2.87. The molecular formula is C18H25NO4. The van der Waals surface area contributed by atoms with Gasteiger partial charge in [-0.1, -0.05) is 30.3 Å². The third-order valence-electron chi connectivity index (χ3n) is 4.15. The molecule has 1 aliphatic heterocycles. The SMILES string of the molecule is O=C(O)CCC(NC(=O)CCC1CCCCO1)c1ccccc1. The minimum absolute atomic E-state index is 0.0333. The maximum atomic E-state index is 12.2. The fourth-order valence-corrected chi connectivity index (χ4v) is 2.87. The molecule has 5 heteroatoms. The predicted molar refractivity (Wildman–Crippen MR) is 87.0 cm³/mol. The molecule has 1 aromatic carbocycles. The number of carboxylic acid groups (broad SMARTS) is 1. The van der Waals surface area contributed by atoms with Gasteiger partial charge in [0.25, 0.3) is 0 Å². The topological polar surface area (TPSA) is 75.6 Å². The number of carbonyl (C=O) groups is 2. The summed E-state index contributed by atoms with van der Waals surface area (Å²) >= 11 is 0. The quantitative estimate of drug-likeness (QED) is 0.772. The number of nitrogens with one attached hydrogen (secondary N) is 1. The Bertz CT molecular complexity index is 497. The molecule has 0 aliphatic carbocycles. The van der Waals surface area contributed by atoms with E-state index in [1.54, 1.807) is 0 Å². The van der Waals surface area contributed by atoms with E-state index in [1.807, 2.05) is 30.3 Å². The summed E-state index contributed by atoms with van der Waals surface area (Å²) in [4.78, 5) is 23.0. The molecule has 2 N–H and O–H groups in total. The molecule has 126 valence electrons. The number of benzene rings is 1. The van der Waals surface area contributed by atoms with Gasteiger partial charge in [0, 0.05) is 19.4 Å². The monoisotopic (exact) mass is 319 g/mol. The zero-order chi connectivity index (χ0) is 16.5. The van der Waals surface area contributed by atoms with Crippen molar-refractivity contribution in [3.8, 4) is 0 Å². The second-order valence-corrected chi connectivity index (χ2v) is 5.99. The molecule has 1 saturated heterocycles. The third-order valence-corrected chi connectivity index (χ3v) is 4.15. The number of aliphatic carboxylic acids is 1. The zero-order valence-corrected chi connectivity index (χ0v) is 13.4. The molecule has 1 fully saturated rings. The summed E-state index contributed by atoms with van der Waals surface area (Å²) < 4.78 is 5.64. The van der Waals surface area contributed by atoms with Crippen LogP contribution in [0.3, 0.4) is 0 Å². The first-order chi connectivity index (χ1) is 11.1. The molecule has 2 unspecified atom stereocenters. The Hall–Kier alpha value is -1.88. The van der Waals surface area contributed by atoms with Crippen LogP contribution in [0.2, 0.25) is 0 Å². The molecule has 0 saturated carbocycles. The van der Waals surface area contributed by atoms with E-state index in [9.17, 15) is 9.59 Å². The van der Waals surface area contributed by atoms with Gasteiger partial charge in [0.1, 0.15) is 0 Å². The molecule has 0 radical (unpaired) electrons. The summed E-state index contributed by atoms with van der Waals surface area (Å²) in [6.45, 7) is 0.789. The van der Waals surface area contributed by atoms with Gasteiger partial charge < -0.3 is 15.2 Å². The van der Waals surface area contributed by atoms with Crippen LogP contribution in [0.5, 0.6) is 0 Å². The van der Waals surface area contributed by atoms with Crippen LogP contribution in [0.25, 0.3) is 0 Å². The summed E-state index contributed by atoms with van der Waals surface area (Å²) in [5.74, 6) is -0.894. The lowest BCUT2D eigenvalue weighted by Gasteiger charge is -2.23. The summed E-state index contributed by atoms with van der Waals surface area (Å²) in [6.07, 6.45) is 5.05. The Morgan fingerprint density at radius 2 is 2.00 bits per heavy atom. The smallest absolute Gasteiger partial charge is 0.303 e. The molecule has 1 heterocycles. The summed E-state index contributed by atoms with van der Waals surface area (Å²) in [7, 11) is 0. The van der Waals surface area contributed by atoms with E-state index >= 15 is 0 Å². The van der Waals surface area contributed by atoms with Crippen molar-refractivity contribution in [2.75, 3.05) is 6.61 Å². The molecule has 2 rings (SSSR count). The minimum Gasteiger partial charge on any atom is -0.481 e. The van der Waals surface area contributed by atoms with Gasteiger partial charge in [-0.05, 0) is 37.7 Å². The van der Waals surface area contributed by atoms with E-state index in [0.29, 0.717) is 12.8 Å². The van der Waals surface area contributed by atoms with Gasteiger partial charge in [-0.15, -0.1) is 0 Å². The van der Waals surface area contributed by atoms with Crippen LogP contribution in [0.15, 0.2) is 30.3 Å². The van der Waals surface area contributed by atoms with Crippen LogP contribution in [0.1, 0.15) is 56.6 Å². The average molecular weight is 319 g/mol. The van der Waals surface area contributed by atoms with Gasteiger partial charge in [-0.25, -0.2) is 0 Å². The first kappa shape index (κ1) is 17.5. The second kappa shape index (κ2) is 9.30. The first-order valence-electron chi connectivity index (χ1n) is 8.33. The van der Waals surface area contributed by atoms with Crippen molar-refractivity contribution in [1.29, 1.82) is 0 Å². The van der Waals surface area contributed by atoms with Crippen LogP contribution >= 0.6 is 0 Å². The Morgan fingerprint density at radius 1 is 1.22 bits per heavy atom. The highest BCUT2D eigenvalue weighted by molar-refractivity contribution is 5.76. The van der Waals surface area contributed by atoms with Crippen molar-refractivity contribution in [2.24, 2.45) is 0 Å². The lowest BCUT2D eigenvalue weighted by Crippen LogP contribution is -2.30. The third kappa shape index (κ3) is 6.40. The number of hydrogen-bond acceptors (Lipinski definition) is 3. The molecule has 1 amide bonds. The molecule has 0 spiro atoms. The zero-order valence-electron chi connectivity index (χ0n) is 13.4. The summed E-state index contributed by atoms with van der Waals surface area (Å²) in [6, 6.07) is 9.26. The predicted octanol–water partition coefficient (Wildman–Crippen LogP) is 3.06. The maximum Gasteiger partial charge on any atom is 0.303 e. The van der Waals surface area contributed by atoms with E-state index in [0.717, 1.165) is 37.9 Å². The second-order valence-electron chi connectivity index (χ2n) is 5.99. The van der Waals surface area contributed by atoms with Gasteiger partial charge in [0.15, 0.2) is 0 Å². The van der Waals surface area contributed by atoms with Gasteiger partial charge in [0.05, 0.1) is 12.1 Å². The molecule has 1 aromatic rings. The van der Waals surface area contributed by atoms with Crippen molar-refractivity contribution in [2.45, 2.75) is 57.1 Å². The van der Waals surface area contributed by atoms with Gasteiger partial charge >= 0.3 is 5.97 Å². The highest BCUT2D eigenvalue weighted by Crippen LogP contribution is 2.20. The standard InChI is InChI=1S/C18H25NO4/c20-17(11-9-15-8-4-5-13-23-15)19-16(10-12-18(21)22)14-6-2-1-3-7-14/h1-3,6-7,15-16H,4-5,8-13H2,(H,19,20)(H,21,22). The molecule has 5 nitrogen and oxygen atoms in total. The van der Waals surface area contributed by atoms with E-state index in [2.05, 4.69) is 5.32 Å². The van der Waals surface area contributed by atoms with Crippen molar-refractivity contribution in [1.82, 2.24) is 5.32 Å². The minimum atomic E-state index is -0.851. The van der Waals surface area contributed by atoms with Crippen molar-refractivity contribution in [3.05, 3.63) is 35.9 Å². The maximum absolute atomic E-state index is 12.2. The number of amides is 1. The fraction of sp³-hybridized carbons (Fsp3) is 0.556. The van der Waals surface area contributed by atoms with E-state index in [-0.39, 0.29) is 24.5 Å². The van der Waals surface area contributed by atoms with Crippen molar-refractivity contribution in [3.63, 3.8) is 0 Å². The highest BCUT2D eigenvalue weighted by atomic mass is 16.5. The number of carboxylic acids is 1. The Labute approximate surface area is 137 Å². The van der Waals surface area contributed by atoms with Crippen molar-refractivity contribution >= 4 is 11.9 Å². The van der Waals surface area contributed by atoms with Crippen LogP contribution in [0, 0.1) is 0 Å². The lowest BCUT2D eigenvalue weighted by molar-refractivity contribution is -0.137. The molecule has 2 atom stereocenters. The van der Waals surface area contributed by atoms with E-state index in [1.165, 1.54) is 0 Å². The normalized spacial score (nSPS) is 19.0. The van der Waals surface area contributed by atoms with E-state index < -0.39 is 5.97 Å². The van der Waals surface area contributed by atoms with Gasteiger partial charge in [0.2, 0.25) is 5.91 Å². The van der Waals surface area contributed by atoms with Crippen LogP contribution in [-0.4, -0.2) is 29.7 Å². The molecular weight excluding hydrogens is 294 g/mol. The number of rotatable bonds is 8. The Balaban J connectivity index is 1.85. The molecule has 1 aliphatic rings. The molecule has 0 aromatic heterocycles. The molecule has 0 bridgehead atoms. The summed E-state index contributed by atoms with van der Waals surface area (Å²) in [5.41, 5.74) is 0.941. The summed E-state index contributed by atoms with van der Waals surface area (Å²) in [5, 5.41) is 11.9. The number of carbonyl (C=O) groups excluding carboxylic acids is 1. The lowest BCUT2D eigenvalue weighted by atomic mass is 10.0. The van der Waals surface area contributed by atoms with Crippen LogP contribution in [0.4, 0.5) is 0 Å². The van der Waals surface area contributed by atoms with Crippen LogP contribution < -0.4 is 5.32 Å². The van der Waals surface area contributed by atoms with Gasteiger partial charge in [-0.3, -0.25) is 9.59 Å². The van der Waals surface area contributed by atoms with E-state index in [4.69, 9.17) is 9.84 Å². The average Bonchev–Trinajstić information content (AvgIpc) is 2.58. The molecule has 23 heavy (non-hydrogen) atoms. The number of ether oxygens (including phenoxy) is 1. The Morgan fingerprint density at radius 3 is 2.65 bits per heavy atom. The first-order valence-corrected chi connectivity index (χ1v) is 8.33. The Kier molecular flexibility index (Phi) is 7.07. The highest BCUT2D eigenvalue weighted by Gasteiger charge is 2.18. The van der Waals surface area contributed by atoms with Crippen molar-refractivity contribution < 1.29 is 19.4 Å². The largest absolute Gasteiger partial charge is 0.481 e. The van der Waals surface area contributed by atoms with Gasteiger partial charge in [-0.2, -0.15) is 0 Å². The van der Waals surface area contributed by atoms with Crippen LogP contribution in [-0.2, 0) is 14.3 Å². The number of hydrogen-bond donors (Lipinski definition) is 2.